The van der Waals surface area contributed by atoms with Crippen molar-refractivity contribution >= 4 is 33.4 Å². The summed E-state index contributed by atoms with van der Waals surface area (Å²) in [5.74, 6) is 0.109. The predicted molar refractivity (Wildman–Crippen MR) is 108 cm³/mol. The zero-order chi connectivity index (χ0) is 19.2. The van der Waals surface area contributed by atoms with Crippen molar-refractivity contribution in [3.05, 3.63) is 58.6 Å². The average Bonchev–Trinajstić information content (AvgIpc) is 2.68. The van der Waals surface area contributed by atoms with E-state index in [2.05, 4.69) is 26.1 Å². The number of nitrogens with one attached hydrogen (secondary N) is 1. The van der Waals surface area contributed by atoms with Gasteiger partial charge in [0.05, 0.1) is 0 Å². The number of rotatable bonds is 5. The first-order valence-corrected chi connectivity index (χ1v) is 9.68. The molecule has 0 radical (unpaired) electrons. The van der Waals surface area contributed by atoms with Crippen LogP contribution in [0.3, 0.4) is 0 Å². The van der Waals surface area contributed by atoms with Crippen LogP contribution >= 0.6 is 15.9 Å². The maximum absolute atomic E-state index is 12.4. The fourth-order valence-corrected chi connectivity index (χ4v) is 3.31. The van der Waals surface area contributed by atoms with Crippen molar-refractivity contribution in [3.63, 3.8) is 0 Å². The topological polar surface area (TPSA) is 72.9 Å². The van der Waals surface area contributed by atoms with Crippen LogP contribution in [-0.4, -0.2) is 54.5 Å². The first-order valence-electron chi connectivity index (χ1n) is 8.88. The minimum atomic E-state index is -0.177. The van der Waals surface area contributed by atoms with Gasteiger partial charge in [-0.2, -0.15) is 0 Å². The Labute approximate surface area is 166 Å². The third kappa shape index (κ3) is 5.23. The Morgan fingerprint density at radius 3 is 2.41 bits per heavy atom. The Balaban J connectivity index is 1.42. The zero-order valence-corrected chi connectivity index (χ0v) is 16.5. The van der Waals surface area contributed by atoms with Gasteiger partial charge in [-0.15, -0.1) is 0 Å². The van der Waals surface area contributed by atoms with Crippen LogP contribution in [-0.2, 0) is 4.79 Å². The summed E-state index contributed by atoms with van der Waals surface area (Å²) >= 11 is 3.34. The lowest BCUT2D eigenvalue weighted by molar-refractivity contribution is -0.131. The van der Waals surface area contributed by atoms with Crippen LogP contribution in [0.25, 0.3) is 0 Å². The second kappa shape index (κ2) is 8.90. The molecule has 0 aliphatic carbocycles. The van der Waals surface area contributed by atoms with Crippen LogP contribution in [0.1, 0.15) is 16.8 Å². The predicted octanol–water partition coefficient (Wildman–Crippen LogP) is 2.62. The SMILES string of the molecule is O=C(NCCC(=O)N1CCN(c2cccc(O)c2)CC1)c1ccc(Br)cc1. The molecule has 1 aliphatic heterocycles. The highest BCUT2D eigenvalue weighted by atomic mass is 79.9. The molecule has 2 N–H and O–H groups in total. The van der Waals surface area contributed by atoms with Gasteiger partial charge in [0.1, 0.15) is 5.75 Å². The summed E-state index contributed by atoms with van der Waals surface area (Å²) in [4.78, 5) is 28.4. The van der Waals surface area contributed by atoms with Gasteiger partial charge in [-0.3, -0.25) is 9.59 Å². The van der Waals surface area contributed by atoms with Gasteiger partial charge in [0, 0.05) is 60.9 Å². The van der Waals surface area contributed by atoms with E-state index in [9.17, 15) is 14.7 Å². The molecule has 1 fully saturated rings. The second-order valence-electron chi connectivity index (χ2n) is 6.40. The van der Waals surface area contributed by atoms with Gasteiger partial charge in [-0.05, 0) is 36.4 Å². The van der Waals surface area contributed by atoms with E-state index in [1.54, 1.807) is 24.3 Å². The fourth-order valence-electron chi connectivity index (χ4n) is 3.05. The molecule has 2 aromatic carbocycles. The van der Waals surface area contributed by atoms with Gasteiger partial charge in [0.15, 0.2) is 0 Å². The summed E-state index contributed by atoms with van der Waals surface area (Å²) in [7, 11) is 0. The molecule has 2 amide bonds. The van der Waals surface area contributed by atoms with Crippen molar-refractivity contribution in [1.29, 1.82) is 0 Å². The average molecular weight is 432 g/mol. The van der Waals surface area contributed by atoms with Crippen molar-refractivity contribution in [2.45, 2.75) is 6.42 Å². The van der Waals surface area contributed by atoms with E-state index in [4.69, 9.17) is 0 Å². The number of phenols is 1. The molecule has 6 nitrogen and oxygen atoms in total. The molecule has 0 unspecified atom stereocenters. The van der Waals surface area contributed by atoms with Crippen molar-refractivity contribution in [1.82, 2.24) is 10.2 Å². The number of halogens is 1. The number of anilines is 1. The van der Waals surface area contributed by atoms with Gasteiger partial charge < -0.3 is 20.2 Å². The van der Waals surface area contributed by atoms with E-state index in [0.717, 1.165) is 23.2 Å². The molecular weight excluding hydrogens is 410 g/mol. The Bertz CT molecular complexity index is 802. The summed E-state index contributed by atoms with van der Waals surface area (Å²) in [6, 6.07) is 14.2. The highest BCUT2D eigenvalue weighted by Crippen LogP contribution is 2.21. The number of nitrogens with zero attached hydrogens (tertiary/aromatic N) is 2. The molecule has 142 valence electrons. The third-order valence-electron chi connectivity index (χ3n) is 4.56. The highest BCUT2D eigenvalue weighted by Gasteiger charge is 2.21. The van der Waals surface area contributed by atoms with E-state index < -0.39 is 0 Å². The maximum Gasteiger partial charge on any atom is 0.251 e. The number of hydrogen-bond acceptors (Lipinski definition) is 4. The fraction of sp³-hybridized carbons (Fsp3) is 0.300. The molecule has 0 aromatic heterocycles. The molecule has 1 saturated heterocycles. The number of benzene rings is 2. The largest absolute Gasteiger partial charge is 0.508 e. The maximum atomic E-state index is 12.4. The normalized spacial score (nSPS) is 14.1. The van der Waals surface area contributed by atoms with Gasteiger partial charge >= 0.3 is 0 Å². The standard InChI is InChI=1S/C20H22BrN3O3/c21-16-6-4-15(5-7-16)20(27)22-9-8-19(26)24-12-10-23(11-13-24)17-2-1-3-18(25)14-17/h1-7,14,25H,8-13H2,(H,22,27). The number of piperazine rings is 1. The summed E-state index contributed by atoms with van der Waals surface area (Å²) in [5, 5.41) is 12.4. The van der Waals surface area contributed by atoms with Crippen LogP contribution in [0.5, 0.6) is 5.75 Å². The minimum Gasteiger partial charge on any atom is -0.508 e. The van der Waals surface area contributed by atoms with Crippen LogP contribution in [0.2, 0.25) is 0 Å². The first-order chi connectivity index (χ1) is 13.0. The number of aromatic hydroxyl groups is 1. The Morgan fingerprint density at radius 2 is 1.74 bits per heavy atom. The lowest BCUT2D eigenvalue weighted by Crippen LogP contribution is -2.49. The molecule has 27 heavy (non-hydrogen) atoms. The minimum absolute atomic E-state index is 0.0432. The molecule has 3 rings (SSSR count). The van der Waals surface area contributed by atoms with Crippen LogP contribution in [0.4, 0.5) is 5.69 Å². The van der Waals surface area contributed by atoms with Crippen LogP contribution in [0.15, 0.2) is 53.0 Å². The molecule has 0 atom stereocenters. The Morgan fingerprint density at radius 1 is 1.04 bits per heavy atom. The van der Waals surface area contributed by atoms with E-state index in [1.165, 1.54) is 0 Å². The number of carbonyl (C=O) groups excluding carboxylic acids is 2. The number of amides is 2. The highest BCUT2D eigenvalue weighted by molar-refractivity contribution is 9.10. The molecule has 1 aliphatic rings. The Kier molecular flexibility index (Phi) is 6.34. The number of carbonyl (C=O) groups is 2. The lowest BCUT2D eigenvalue weighted by Gasteiger charge is -2.36. The van der Waals surface area contributed by atoms with Crippen molar-refractivity contribution in [2.75, 3.05) is 37.6 Å². The summed E-state index contributed by atoms with van der Waals surface area (Å²) in [5.41, 5.74) is 1.54. The molecule has 2 aromatic rings. The number of phenolic OH excluding ortho intramolecular Hbond substituents is 1. The molecule has 0 bridgehead atoms. The van der Waals surface area contributed by atoms with E-state index in [-0.39, 0.29) is 24.0 Å². The molecule has 1 heterocycles. The van der Waals surface area contributed by atoms with Crippen LogP contribution < -0.4 is 10.2 Å². The second-order valence-corrected chi connectivity index (χ2v) is 7.32. The summed E-state index contributed by atoms with van der Waals surface area (Å²) in [6.07, 6.45) is 0.286. The molecule has 0 spiro atoms. The number of hydrogen-bond donors (Lipinski definition) is 2. The quantitative estimate of drug-likeness (QED) is 0.762. The van der Waals surface area contributed by atoms with Crippen LogP contribution in [0, 0.1) is 0 Å². The Hall–Kier alpha value is -2.54. The monoisotopic (exact) mass is 431 g/mol. The first kappa shape index (κ1) is 19.2. The summed E-state index contributed by atoms with van der Waals surface area (Å²) < 4.78 is 0.916. The zero-order valence-electron chi connectivity index (χ0n) is 14.9. The van der Waals surface area contributed by atoms with E-state index >= 15 is 0 Å². The summed E-state index contributed by atoms with van der Waals surface area (Å²) in [6.45, 7) is 3.03. The van der Waals surface area contributed by atoms with Crippen molar-refractivity contribution < 1.29 is 14.7 Å². The smallest absolute Gasteiger partial charge is 0.251 e. The van der Waals surface area contributed by atoms with Gasteiger partial charge in [-0.25, -0.2) is 0 Å². The van der Waals surface area contributed by atoms with Crippen molar-refractivity contribution in [2.24, 2.45) is 0 Å². The molecule has 0 saturated carbocycles. The van der Waals surface area contributed by atoms with Gasteiger partial charge in [0.2, 0.25) is 5.91 Å². The van der Waals surface area contributed by atoms with Crippen molar-refractivity contribution in [3.8, 4) is 5.75 Å². The molecular formula is C20H22BrN3O3. The van der Waals surface area contributed by atoms with E-state index in [1.807, 2.05) is 29.2 Å². The van der Waals surface area contributed by atoms with Gasteiger partial charge in [-0.1, -0.05) is 22.0 Å². The van der Waals surface area contributed by atoms with Gasteiger partial charge in [0.25, 0.3) is 5.91 Å². The lowest BCUT2D eigenvalue weighted by atomic mass is 10.2. The molecule has 7 heteroatoms. The van der Waals surface area contributed by atoms with E-state index in [0.29, 0.717) is 25.2 Å². The third-order valence-corrected chi connectivity index (χ3v) is 5.09.